The van der Waals surface area contributed by atoms with E-state index < -0.39 is 0 Å². The zero-order chi connectivity index (χ0) is 18.4. The highest BCUT2D eigenvalue weighted by Gasteiger charge is 2.25. The minimum Gasteiger partial charge on any atom is -0.356 e. The van der Waals surface area contributed by atoms with E-state index in [0.29, 0.717) is 12.5 Å². The molecule has 0 atom stereocenters. The van der Waals surface area contributed by atoms with Crippen molar-refractivity contribution in [3.8, 4) is 0 Å². The summed E-state index contributed by atoms with van der Waals surface area (Å²) in [7, 11) is 0. The number of likely N-dealkylation sites (tertiary alicyclic amines) is 1. The fourth-order valence-corrected chi connectivity index (χ4v) is 3.49. The monoisotopic (exact) mass is 353 g/mol. The van der Waals surface area contributed by atoms with Crippen molar-refractivity contribution < 1.29 is 9.59 Å². The third-order valence-corrected chi connectivity index (χ3v) is 5.07. The number of nitrogens with one attached hydrogen (secondary N) is 1. The van der Waals surface area contributed by atoms with E-state index in [-0.39, 0.29) is 11.8 Å². The standard InChI is InChI=1S/C21H27N3O2/c1-17(25)22-16-19-10-14-24(15-11-19)21(26)20-8-5-12-23(20)13-9-18-6-3-2-4-7-18/h2-8,12,19H,9-11,13-16H2,1H3,(H,22,25). The van der Waals surface area contributed by atoms with Crippen LogP contribution in [0.2, 0.25) is 0 Å². The molecule has 0 spiro atoms. The van der Waals surface area contributed by atoms with Crippen LogP contribution >= 0.6 is 0 Å². The van der Waals surface area contributed by atoms with Gasteiger partial charge in [0, 0.05) is 39.3 Å². The molecule has 2 heterocycles. The molecule has 0 saturated carbocycles. The van der Waals surface area contributed by atoms with Gasteiger partial charge in [-0.05, 0) is 42.9 Å². The first-order valence-corrected chi connectivity index (χ1v) is 9.36. The molecule has 0 radical (unpaired) electrons. The Bertz CT molecular complexity index is 731. The Balaban J connectivity index is 1.54. The summed E-state index contributed by atoms with van der Waals surface area (Å²) in [6.07, 6.45) is 4.78. The van der Waals surface area contributed by atoms with Gasteiger partial charge in [-0.1, -0.05) is 30.3 Å². The van der Waals surface area contributed by atoms with E-state index in [1.54, 1.807) is 6.92 Å². The first-order chi connectivity index (χ1) is 12.6. The van der Waals surface area contributed by atoms with Crippen LogP contribution in [0.4, 0.5) is 0 Å². The minimum atomic E-state index is 0.0137. The summed E-state index contributed by atoms with van der Waals surface area (Å²) in [4.78, 5) is 25.9. The van der Waals surface area contributed by atoms with Gasteiger partial charge in [-0.3, -0.25) is 9.59 Å². The van der Waals surface area contributed by atoms with Gasteiger partial charge in [0.1, 0.15) is 5.69 Å². The maximum absolute atomic E-state index is 12.9. The lowest BCUT2D eigenvalue weighted by molar-refractivity contribution is -0.119. The number of aryl methyl sites for hydroxylation is 2. The van der Waals surface area contributed by atoms with Crippen molar-refractivity contribution in [2.45, 2.75) is 32.7 Å². The normalized spacial score (nSPS) is 15.0. The van der Waals surface area contributed by atoms with E-state index in [1.165, 1.54) is 5.56 Å². The average molecular weight is 353 g/mol. The second kappa shape index (κ2) is 8.70. The maximum atomic E-state index is 12.9. The summed E-state index contributed by atoms with van der Waals surface area (Å²) in [5.41, 5.74) is 2.04. The van der Waals surface area contributed by atoms with E-state index in [4.69, 9.17) is 0 Å². The van der Waals surface area contributed by atoms with Gasteiger partial charge >= 0.3 is 0 Å². The maximum Gasteiger partial charge on any atom is 0.270 e. The highest BCUT2D eigenvalue weighted by atomic mass is 16.2. The number of benzene rings is 1. The highest BCUT2D eigenvalue weighted by Crippen LogP contribution is 2.19. The number of piperidine rings is 1. The zero-order valence-electron chi connectivity index (χ0n) is 15.4. The van der Waals surface area contributed by atoms with E-state index in [1.807, 2.05) is 41.4 Å². The number of hydrogen-bond donors (Lipinski definition) is 1. The largest absolute Gasteiger partial charge is 0.356 e. The summed E-state index contributed by atoms with van der Waals surface area (Å²) < 4.78 is 2.05. The van der Waals surface area contributed by atoms with Crippen LogP contribution in [-0.2, 0) is 17.8 Å². The van der Waals surface area contributed by atoms with Crippen molar-refractivity contribution in [1.82, 2.24) is 14.8 Å². The van der Waals surface area contributed by atoms with Crippen LogP contribution < -0.4 is 5.32 Å². The molecule has 1 aromatic heterocycles. The molecule has 1 aliphatic heterocycles. The molecule has 5 heteroatoms. The summed E-state index contributed by atoms with van der Waals surface area (Å²) in [6, 6.07) is 14.2. The molecule has 0 aliphatic carbocycles. The Morgan fingerprint density at radius 3 is 2.50 bits per heavy atom. The molecule has 1 saturated heterocycles. The number of carbonyl (C=O) groups is 2. The number of rotatable bonds is 6. The van der Waals surface area contributed by atoms with E-state index >= 15 is 0 Å². The SMILES string of the molecule is CC(=O)NCC1CCN(C(=O)c2cccn2CCc2ccccc2)CC1. The molecule has 3 rings (SSSR count). The third-order valence-electron chi connectivity index (χ3n) is 5.07. The predicted molar refractivity (Wildman–Crippen MR) is 102 cm³/mol. The third kappa shape index (κ3) is 4.75. The van der Waals surface area contributed by atoms with Crippen molar-refractivity contribution >= 4 is 11.8 Å². The fourth-order valence-electron chi connectivity index (χ4n) is 3.49. The van der Waals surface area contributed by atoms with Gasteiger partial charge in [0.25, 0.3) is 5.91 Å². The summed E-state index contributed by atoms with van der Waals surface area (Å²) in [5, 5.41) is 2.88. The van der Waals surface area contributed by atoms with Crippen molar-refractivity contribution in [3.63, 3.8) is 0 Å². The summed E-state index contributed by atoms with van der Waals surface area (Å²) in [5.74, 6) is 0.591. The lowest BCUT2D eigenvalue weighted by Crippen LogP contribution is -2.41. The van der Waals surface area contributed by atoms with Crippen LogP contribution in [-0.4, -0.2) is 40.9 Å². The smallest absolute Gasteiger partial charge is 0.270 e. The molecule has 0 bridgehead atoms. The second-order valence-electron chi connectivity index (χ2n) is 7.00. The number of hydrogen-bond acceptors (Lipinski definition) is 2. The lowest BCUT2D eigenvalue weighted by atomic mass is 9.96. The fraction of sp³-hybridized carbons (Fsp3) is 0.429. The Morgan fingerprint density at radius 2 is 1.81 bits per heavy atom. The van der Waals surface area contributed by atoms with Crippen molar-refractivity contribution in [1.29, 1.82) is 0 Å². The highest BCUT2D eigenvalue weighted by molar-refractivity contribution is 5.92. The van der Waals surface area contributed by atoms with Gasteiger partial charge in [0.15, 0.2) is 0 Å². The zero-order valence-corrected chi connectivity index (χ0v) is 15.4. The van der Waals surface area contributed by atoms with Crippen LogP contribution in [0.3, 0.4) is 0 Å². The van der Waals surface area contributed by atoms with E-state index in [9.17, 15) is 9.59 Å². The molecule has 138 valence electrons. The number of carbonyl (C=O) groups excluding carboxylic acids is 2. The molecule has 1 fully saturated rings. The Morgan fingerprint density at radius 1 is 1.08 bits per heavy atom. The number of amides is 2. The first kappa shape index (κ1) is 18.2. The van der Waals surface area contributed by atoms with Gasteiger partial charge in [-0.25, -0.2) is 0 Å². The molecular weight excluding hydrogens is 326 g/mol. The van der Waals surface area contributed by atoms with Crippen LogP contribution in [0.1, 0.15) is 35.8 Å². The molecule has 0 unspecified atom stereocenters. The van der Waals surface area contributed by atoms with Crippen LogP contribution in [0, 0.1) is 5.92 Å². The van der Waals surface area contributed by atoms with Gasteiger partial charge in [0.2, 0.25) is 5.91 Å². The quantitative estimate of drug-likeness (QED) is 0.868. The molecular formula is C21H27N3O2. The van der Waals surface area contributed by atoms with Gasteiger partial charge in [-0.2, -0.15) is 0 Å². The van der Waals surface area contributed by atoms with E-state index in [0.717, 1.165) is 44.6 Å². The number of nitrogens with zero attached hydrogens (tertiary/aromatic N) is 2. The van der Waals surface area contributed by atoms with Crippen molar-refractivity contribution in [2.24, 2.45) is 5.92 Å². The topological polar surface area (TPSA) is 54.3 Å². The number of aromatic nitrogens is 1. The van der Waals surface area contributed by atoms with Crippen LogP contribution in [0.25, 0.3) is 0 Å². The van der Waals surface area contributed by atoms with Gasteiger partial charge in [-0.15, -0.1) is 0 Å². The molecule has 26 heavy (non-hydrogen) atoms. The Hall–Kier alpha value is -2.56. The van der Waals surface area contributed by atoms with Gasteiger partial charge in [0.05, 0.1) is 0 Å². The Labute approximate surface area is 155 Å². The molecule has 1 N–H and O–H groups in total. The summed E-state index contributed by atoms with van der Waals surface area (Å²) in [6.45, 7) is 4.57. The molecule has 2 aromatic rings. The van der Waals surface area contributed by atoms with Crippen molar-refractivity contribution in [3.05, 3.63) is 59.9 Å². The molecule has 1 aliphatic rings. The van der Waals surface area contributed by atoms with Gasteiger partial charge < -0.3 is 14.8 Å². The second-order valence-corrected chi connectivity index (χ2v) is 7.00. The Kier molecular flexibility index (Phi) is 6.10. The molecule has 1 aromatic carbocycles. The average Bonchev–Trinajstić information content (AvgIpc) is 3.14. The predicted octanol–water partition coefficient (Wildman–Crippen LogP) is 2.72. The minimum absolute atomic E-state index is 0.0137. The lowest BCUT2D eigenvalue weighted by Gasteiger charge is -2.32. The van der Waals surface area contributed by atoms with Crippen LogP contribution in [0.15, 0.2) is 48.7 Å². The molecule has 2 amide bonds. The summed E-state index contributed by atoms with van der Waals surface area (Å²) >= 11 is 0. The molecule has 5 nitrogen and oxygen atoms in total. The van der Waals surface area contributed by atoms with Crippen molar-refractivity contribution in [2.75, 3.05) is 19.6 Å². The first-order valence-electron chi connectivity index (χ1n) is 9.36. The van der Waals surface area contributed by atoms with E-state index in [2.05, 4.69) is 22.0 Å². The van der Waals surface area contributed by atoms with Crippen LogP contribution in [0.5, 0.6) is 0 Å².